The molecule has 0 bridgehead atoms. The Balaban J connectivity index is 1.71. The zero-order valence-corrected chi connectivity index (χ0v) is 14.3. The fourth-order valence-corrected chi connectivity index (χ4v) is 2.85. The van der Waals surface area contributed by atoms with Crippen molar-refractivity contribution in [1.82, 2.24) is 20.1 Å². The van der Waals surface area contributed by atoms with Crippen molar-refractivity contribution in [3.8, 4) is 23.1 Å². The topological polar surface area (TPSA) is 86.1 Å². The molecule has 0 aliphatic carbocycles. The summed E-state index contributed by atoms with van der Waals surface area (Å²) < 4.78 is 13.0. The van der Waals surface area contributed by atoms with E-state index < -0.39 is 0 Å². The van der Waals surface area contributed by atoms with E-state index in [4.69, 9.17) is 8.83 Å². The molecule has 1 aromatic carbocycles. The molecule has 7 heteroatoms. The molecule has 0 fully saturated rings. The molecule has 1 N–H and O–H groups in total. The lowest BCUT2D eigenvalue weighted by Crippen LogP contribution is -2.27. The Morgan fingerprint density at radius 3 is 2.81 bits per heavy atom. The third kappa shape index (κ3) is 2.99. The molecule has 4 aromatic rings. The van der Waals surface area contributed by atoms with Crippen molar-refractivity contribution >= 4 is 16.8 Å². The number of carbonyl (C=O) groups excluding carboxylic acids is 1. The first-order valence-corrected chi connectivity index (χ1v) is 8.48. The quantitative estimate of drug-likeness (QED) is 0.575. The second kappa shape index (κ2) is 6.87. The number of amides is 1. The summed E-state index contributed by atoms with van der Waals surface area (Å²) in [6.45, 7) is 2.93. The van der Waals surface area contributed by atoms with E-state index in [9.17, 15) is 4.79 Å². The van der Waals surface area contributed by atoms with Gasteiger partial charge in [-0.15, -0.1) is 10.2 Å². The van der Waals surface area contributed by atoms with Gasteiger partial charge in [0.25, 0.3) is 5.89 Å². The lowest BCUT2D eigenvalue weighted by molar-refractivity contribution is -0.121. The normalized spacial score (nSPS) is 11.1. The molecule has 0 saturated heterocycles. The number of hydrogen-bond donors (Lipinski definition) is 1. The molecule has 7 nitrogen and oxygen atoms in total. The maximum Gasteiger partial charge on any atom is 0.283 e. The van der Waals surface area contributed by atoms with Crippen LogP contribution >= 0.6 is 0 Å². The van der Waals surface area contributed by atoms with Crippen LogP contribution in [0.25, 0.3) is 34.0 Å². The molecule has 4 rings (SSSR count). The number of benzene rings is 1. The van der Waals surface area contributed by atoms with Crippen LogP contribution in [0.1, 0.15) is 13.3 Å². The van der Waals surface area contributed by atoms with Gasteiger partial charge in [0.1, 0.15) is 6.54 Å². The van der Waals surface area contributed by atoms with Gasteiger partial charge in [-0.25, -0.2) is 0 Å². The second-order valence-electron chi connectivity index (χ2n) is 5.93. The lowest BCUT2D eigenvalue weighted by Gasteiger charge is -2.05. The number of hydrogen-bond acceptors (Lipinski definition) is 5. The van der Waals surface area contributed by atoms with Gasteiger partial charge in [-0.05, 0) is 24.6 Å². The highest BCUT2D eigenvalue weighted by Gasteiger charge is 2.18. The monoisotopic (exact) mass is 350 g/mol. The molecule has 0 radical (unpaired) electrons. The summed E-state index contributed by atoms with van der Waals surface area (Å²) in [6.07, 6.45) is 4.33. The molecule has 0 saturated carbocycles. The second-order valence-corrected chi connectivity index (χ2v) is 5.93. The Morgan fingerprint density at radius 2 is 2.00 bits per heavy atom. The average molecular weight is 350 g/mol. The number of nitrogens with zero attached hydrogens (tertiary/aromatic N) is 3. The predicted octanol–water partition coefficient (Wildman–Crippen LogP) is 3.48. The van der Waals surface area contributed by atoms with Gasteiger partial charge in [0.05, 0.1) is 11.8 Å². The molecule has 132 valence electrons. The Morgan fingerprint density at radius 1 is 1.15 bits per heavy atom. The van der Waals surface area contributed by atoms with Crippen molar-refractivity contribution in [2.24, 2.45) is 0 Å². The standard InChI is InChI=1S/C19H18N4O3/c1-2-9-20-17(24)12-23-11-14(13-6-3-4-7-15(13)23)18-21-22-19(26-18)16-8-5-10-25-16/h3-8,10-11H,2,9,12H2,1H3,(H,20,24). The van der Waals surface area contributed by atoms with Crippen LogP contribution in [0.5, 0.6) is 0 Å². The van der Waals surface area contributed by atoms with Crippen molar-refractivity contribution in [2.45, 2.75) is 19.9 Å². The summed E-state index contributed by atoms with van der Waals surface area (Å²) in [4.78, 5) is 12.1. The van der Waals surface area contributed by atoms with E-state index in [1.54, 1.807) is 18.4 Å². The highest BCUT2D eigenvalue weighted by molar-refractivity contribution is 5.95. The van der Waals surface area contributed by atoms with Crippen LogP contribution in [0.4, 0.5) is 0 Å². The van der Waals surface area contributed by atoms with Crippen molar-refractivity contribution in [2.75, 3.05) is 6.54 Å². The van der Waals surface area contributed by atoms with Gasteiger partial charge in [0, 0.05) is 23.6 Å². The number of fused-ring (bicyclic) bond motifs is 1. The van der Waals surface area contributed by atoms with Gasteiger partial charge in [0.2, 0.25) is 11.8 Å². The Labute approximate surface area is 149 Å². The van der Waals surface area contributed by atoms with Crippen molar-refractivity contribution in [1.29, 1.82) is 0 Å². The molecule has 0 unspecified atom stereocenters. The first-order valence-electron chi connectivity index (χ1n) is 8.48. The summed E-state index contributed by atoms with van der Waals surface area (Å²) in [5.74, 6) is 1.20. The molecule has 0 aliphatic rings. The minimum Gasteiger partial charge on any atom is -0.459 e. The van der Waals surface area contributed by atoms with Gasteiger partial charge in [0.15, 0.2) is 5.76 Å². The lowest BCUT2D eigenvalue weighted by atomic mass is 10.2. The minimum absolute atomic E-state index is 0.0269. The van der Waals surface area contributed by atoms with Crippen LogP contribution in [0.15, 0.2) is 57.7 Å². The highest BCUT2D eigenvalue weighted by Crippen LogP contribution is 2.31. The predicted molar refractivity (Wildman–Crippen MR) is 96.2 cm³/mol. The molecule has 0 spiro atoms. The number of para-hydroxylation sites is 1. The van der Waals surface area contributed by atoms with Crippen LogP contribution in [0.3, 0.4) is 0 Å². The molecular weight excluding hydrogens is 332 g/mol. The number of rotatable bonds is 6. The zero-order valence-electron chi connectivity index (χ0n) is 14.3. The van der Waals surface area contributed by atoms with Crippen molar-refractivity contribution in [3.05, 3.63) is 48.9 Å². The summed E-state index contributed by atoms with van der Waals surface area (Å²) >= 11 is 0. The van der Waals surface area contributed by atoms with E-state index in [2.05, 4.69) is 15.5 Å². The van der Waals surface area contributed by atoms with Crippen LogP contribution in [0.2, 0.25) is 0 Å². The van der Waals surface area contributed by atoms with Crippen LogP contribution in [-0.2, 0) is 11.3 Å². The molecule has 3 aromatic heterocycles. The first kappa shape index (κ1) is 16.1. The summed E-state index contributed by atoms with van der Waals surface area (Å²) in [7, 11) is 0. The van der Waals surface area contributed by atoms with E-state index in [0.29, 0.717) is 24.1 Å². The average Bonchev–Trinajstić information content (AvgIpc) is 3.39. The van der Waals surface area contributed by atoms with Crippen LogP contribution in [0, 0.1) is 0 Å². The fourth-order valence-electron chi connectivity index (χ4n) is 2.85. The third-order valence-electron chi connectivity index (χ3n) is 4.06. The molecule has 0 aliphatic heterocycles. The van der Waals surface area contributed by atoms with E-state index in [0.717, 1.165) is 22.9 Å². The third-order valence-corrected chi connectivity index (χ3v) is 4.06. The van der Waals surface area contributed by atoms with E-state index >= 15 is 0 Å². The Kier molecular flexibility index (Phi) is 4.27. The van der Waals surface area contributed by atoms with Gasteiger partial charge >= 0.3 is 0 Å². The SMILES string of the molecule is CCCNC(=O)Cn1cc(-c2nnc(-c3ccco3)o2)c2ccccc21. The maximum absolute atomic E-state index is 12.1. The fraction of sp³-hybridized carbons (Fsp3) is 0.211. The zero-order chi connectivity index (χ0) is 17.9. The van der Waals surface area contributed by atoms with Crippen LogP contribution < -0.4 is 5.32 Å². The Hall–Kier alpha value is -3.35. The summed E-state index contributed by atoms with van der Waals surface area (Å²) in [5.41, 5.74) is 1.72. The van der Waals surface area contributed by atoms with Crippen molar-refractivity contribution < 1.29 is 13.6 Å². The largest absolute Gasteiger partial charge is 0.459 e. The van der Waals surface area contributed by atoms with Gasteiger partial charge in [-0.1, -0.05) is 25.1 Å². The van der Waals surface area contributed by atoms with Gasteiger partial charge in [-0.3, -0.25) is 4.79 Å². The minimum atomic E-state index is -0.0269. The first-order chi connectivity index (χ1) is 12.8. The number of carbonyl (C=O) groups is 1. The van der Waals surface area contributed by atoms with Gasteiger partial charge in [-0.2, -0.15) is 0 Å². The van der Waals surface area contributed by atoms with E-state index in [1.807, 2.05) is 42.0 Å². The summed E-state index contributed by atoms with van der Waals surface area (Å²) in [6, 6.07) is 11.3. The number of nitrogens with one attached hydrogen (secondary N) is 1. The smallest absolute Gasteiger partial charge is 0.283 e. The Bertz CT molecular complexity index is 1030. The molecule has 26 heavy (non-hydrogen) atoms. The maximum atomic E-state index is 12.1. The highest BCUT2D eigenvalue weighted by atomic mass is 16.4. The molecule has 0 atom stereocenters. The molecule has 3 heterocycles. The molecule has 1 amide bonds. The number of aromatic nitrogens is 3. The summed E-state index contributed by atoms with van der Waals surface area (Å²) in [5, 5.41) is 12.0. The number of furan rings is 1. The van der Waals surface area contributed by atoms with E-state index in [1.165, 1.54) is 0 Å². The van der Waals surface area contributed by atoms with Gasteiger partial charge < -0.3 is 18.7 Å². The van der Waals surface area contributed by atoms with Crippen molar-refractivity contribution in [3.63, 3.8) is 0 Å². The van der Waals surface area contributed by atoms with Crippen LogP contribution in [-0.4, -0.2) is 27.2 Å². The molecular formula is C19H18N4O3. The van der Waals surface area contributed by atoms with E-state index in [-0.39, 0.29) is 12.5 Å².